The summed E-state index contributed by atoms with van der Waals surface area (Å²) in [5.41, 5.74) is 0. The third-order valence-corrected chi connectivity index (χ3v) is 1.91. The molecule has 0 saturated heterocycles. The lowest BCUT2D eigenvalue weighted by atomic mass is 10.1. The number of hydrogen-bond donors (Lipinski definition) is 1. The van der Waals surface area contributed by atoms with E-state index < -0.39 is 0 Å². The van der Waals surface area contributed by atoms with Crippen molar-refractivity contribution in [1.29, 1.82) is 0 Å². The highest BCUT2D eigenvalue weighted by Crippen LogP contribution is 2.08. The Balaban J connectivity index is 3.77. The van der Waals surface area contributed by atoms with Gasteiger partial charge in [0.1, 0.15) is 6.04 Å². The quantitative estimate of drug-likeness (QED) is 0.664. The fraction of sp³-hybridized carbons (Fsp3) is 0.900. The monoisotopic (exact) mass is 187 g/mol. The second-order valence-corrected chi connectivity index (χ2v) is 3.89. The van der Waals surface area contributed by atoms with Gasteiger partial charge in [-0.25, -0.2) is 0 Å². The van der Waals surface area contributed by atoms with E-state index in [2.05, 4.69) is 19.2 Å². The maximum absolute atomic E-state index is 11.3. The third-order valence-electron chi connectivity index (χ3n) is 1.91. The topological polar surface area (TPSA) is 38.3 Å². The van der Waals surface area contributed by atoms with Crippen molar-refractivity contribution in [1.82, 2.24) is 5.32 Å². The van der Waals surface area contributed by atoms with Crippen molar-refractivity contribution in [2.24, 2.45) is 5.92 Å². The van der Waals surface area contributed by atoms with Crippen LogP contribution in [0, 0.1) is 5.92 Å². The molecule has 0 spiro atoms. The molecule has 0 aromatic rings. The molecule has 0 aliphatic heterocycles. The highest BCUT2D eigenvalue weighted by molar-refractivity contribution is 5.75. The minimum absolute atomic E-state index is 0.0169. The van der Waals surface area contributed by atoms with Crippen molar-refractivity contribution >= 4 is 5.97 Å². The number of esters is 1. The largest absolute Gasteiger partial charge is 0.462 e. The van der Waals surface area contributed by atoms with E-state index in [1.165, 1.54) is 0 Å². The molecular formula is C10H21NO2. The number of carbonyl (C=O) groups is 1. The van der Waals surface area contributed by atoms with E-state index in [0.717, 1.165) is 6.42 Å². The lowest BCUT2D eigenvalue weighted by Crippen LogP contribution is -2.34. The van der Waals surface area contributed by atoms with E-state index in [4.69, 9.17) is 4.74 Å². The van der Waals surface area contributed by atoms with Gasteiger partial charge < -0.3 is 10.1 Å². The van der Waals surface area contributed by atoms with E-state index in [-0.39, 0.29) is 18.1 Å². The van der Waals surface area contributed by atoms with Gasteiger partial charge in [0, 0.05) is 0 Å². The van der Waals surface area contributed by atoms with Crippen molar-refractivity contribution < 1.29 is 9.53 Å². The van der Waals surface area contributed by atoms with Crippen LogP contribution < -0.4 is 5.32 Å². The fourth-order valence-corrected chi connectivity index (χ4v) is 1.13. The molecule has 0 rings (SSSR count). The molecule has 13 heavy (non-hydrogen) atoms. The smallest absolute Gasteiger partial charge is 0.323 e. The average Bonchev–Trinajstić information content (AvgIpc) is 2.01. The predicted octanol–water partition coefficient (Wildman–Crippen LogP) is 1.57. The van der Waals surface area contributed by atoms with Gasteiger partial charge >= 0.3 is 5.97 Å². The average molecular weight is 187 g/mol. The summed E-state index contributed by atoms with van der Waals surface area (Å²) in [5.74, 6) is 0.392. The molecule has 0 fully saturated rings. The maximum Gasteiger partial charge on any atom is 0.323 e. The Kier molecular flexibility index (Phi) is 5.71. The second kappa shape index (κ2) is 5.97. The third kappa shape index (κ3) is 5.64. The maximum atomic E-state index is 11.3. The summed E-state index contributed by atoms with van der Waals surface area (Å²) >= 11 is 0. The van der Waals surface area contributed by atoms with Gasteiger partial charge in [-0.2, -0.15) is 0 Å². The van der Waals surface area contributed by atoms with Gasteiger partial charge in [0.25, 0.3) is 0 Å². The van der Waals surface area contributed by atoms with E-state index in [0.29, 0.717) is 5.92 Å². The van der Waals surface area contributed by atoms with E-state index in [9.17, 15) is 4.79 Å². The van der Waals surface area contributed by atoms with Crippen molar-refractivity contribution in [3.05, 3.63) is 0 Å². The van der Waals surface area contributed by atoms with E-state index >= 15 is 0 Å². The van der Waals surface area contributed by atoms with Gasteiger partial charge in [0.15, 0.2) is 0 Å². The number of nitrogens with one attached hydrogen (secondary N) is 1. The molecule has 78 valence electrons. The van der Waals surface area contributed by atoms with Gasteiger partial charge in [-0.15, -0.1) is 0 Å². The summed E-state index contributed by atoms with van der Waals surface area (Å²) in [7, 11) is 1.75. The van der Waals surface area contributed by atoms with Crippen LogP contribution in [0.1, 0.15) is 34.1 Å². The van der Waals surface area contributed by atoms with Crippen LogP contribution in [0.5, 0.6) is 0 Å². The van der Waals surface area contributed by atoms with Gasteiger partial charge in [0.2, 0.25) is 0 Å². The van der Waals surface area contributed by atoms with Crippen LogP contribution in [0.15, 0.2) is 0 Å². The van der Waals surface area contributed by atoms with Gasteiger partial charge in [0.05, 0.1) is 6.10 Å². The van der Waals surface area contributed by atoms with Gasteiger partial charge in [-0.3, -0.25) is 4.79 Å². The van der Waals surface area contributed by atoms with Crippen LogP contribution in [0.3, 0.4) is 0 Å². The van der Waals surface area contributed by atoms with Crippen LogP contribution in [-0.2, 0) is 9.53 Å². The zero-order valence-electron chi connectivity index (χ0n) is 9.26. The summed E-state index contributed by atoms with van der Waals surface area (Å²) in [6, 6.07) is -0.213. The standard InChI is InChI=1S/C10H21NO2/c1-7(2)6-8(3)13-10(12)9(4)11-5/h7-9,11H,6H2,1-5H3. The van der Waals surface area contributed by atoms with Crippen LogP contribution in [0.2, 0.25) is 0 Å². The summed E-state index contributed by atoms with van der Waals surface area (Å²) in [6.45, 7) is 7.96. The molecule has 0 radical (unpaired) electrons. The molecule has 0 bridgehead atoms. The molecule has 0 aliphatic carbocycles. The van der Waals surface area contributed by atoms with Gasteiger partial charge in [-0.05, 0) is 33.2 Å². The first-order chi connectivity index (χ1) is 5.97. The molecule has 0 aliphatic rings. The predicted molar refractivity (Wildman–Crippen MR) is 53.5 cm³/mol. The van der Waals surface area contributed by atoms with Crippen LogP contribution in [-0.4, -0.2) is 25.2 Å². The van der Waals surface area contributed by atoms with Crippen molar-refractivity contribution in [3.8, 4) is 0 Å². The van der Waals surface area contributed by atoms with Crippen LogP contribution in [0.25, 0.3) is 0 Å². The first kappa shape index (κ1) is 12.4. The van der Waals surface area contributed by atoms with Crippen molar-refractivity contribution in [2.75, 3.05) is 7.05 Å². The van der Waals surface area contributed by atoms with Crippen molar-refractivity contribution in [3.63, 3.8) is 0 Å². The van der Waals surface area contributed by atoms with Crippen LogP contribution in [0.4, 0.5) is 0 Å². The highest BCUT2D eigenvalue weighted by Gasteiger charge is 2.15. The zero-order chi connectivity index (χ0) is 10.4. The van der Waals surface area contributed by atoms with E-state index in [1.807, 2.05) is 6.92 Å². The first-order valence-corrected chi connectivity index (χ1v) is 4.85. The second-order valence-electron chi connectivity index (χ2n) is 3.89. The highest BCUT2D eigenvalue weighted by atomic mass is 16.5. The SMILES string of the molecule is CNC(C)C(=O)OC(C)CC(C)C. The Morgan fingerprint density at radius 1 is 1.31 bits per heavy atom. The lowest BCUT2D eigenvalue weighted by Gasteiger charge is -2.17. The molecule has 0 aromatic heterocycles. The molecular weight excluding hydrogens is 166 g/mol. The lowest BCUT2D eigenvalue weighted by molar-refractivity contribution is -0.150. The number of ether oxygens (including phenoxy) is 1. The number of rotatable bonds is 5. The molecule has 1 N–H and O–H groups in total. The minimum atomic E-state index is -0.213. The molecule has 3 heteroatoms. The number of carbonyl (C=O) groups excluding carboxylic acids is 1. The Morgan fingerprint density at radius 3 is 2.23 bits per heavy atom. The Hall–Kier alpha value is -0.570. The summed E-state index contributed by atoms with van der Waals surface area (Å²) < 4.78 is 5.21. The molecule has 0 amide bonds. The molecule has 0 saturated carbocycles. The summed E-state index contributed by atoms with van der Waals surface area (Å²) in [6.07, 6.45) is 0.936. The van der Waals surface area contributed by atoms with E-state index in [1.54, 1.807) is 14.0 Å². The Labute approximate surface area is 80.8 Å². The Morgan fingerprint density at radius 2 is 1.85 bits per heavy atom. The first-order valence-electron chi connectivity index (χ1n) is 4.85. The fourth-order valence-electron chi connectivity index (χ4n) is 1.13. The molecule has 3 nitrogen and oxygen atoms in total. The number of hydrogen-bond acceptors (Lipinski definition) is 3. The zero-order valence-corrected chi connectivity index (χ0v) is 9.26. The van der Waals surface area contributed by atoms with Crippen molar-refractivity contribution in [2.45, 2.75) is 46.3 Å². The number of likely N-dealkylation sites (N-methyl/N-ethyl adjacent to an activating group) is 1. The molecule has 0 aromatic carbocycles. The van der Waals surface area contributed by atoms with Crippen LogP contribution >= 0.6 is 0 Å². The summed E-state index contributed by atoms with van der Waals surface area (Å²) in [5, 5.41) is 2.85. The van der Waals surface area contributed by atoms with Gasteiger partial charge in [-0.1, -0.05) is 13.8 Å². The Bertz CT molecular complexity index is 157. The molecule has 0 heterocycles. The molecule has 2 atom stereocenters. The molecule has 2 unspecified atom stereocenters. The summed E-state index contributed by atoms with van der Waals surface area (Å²) in [4.78, 5) is 11.3. The normalized spacial score (nSPS) is 15.5. The minimum Gasteiger partial charge on any atom is -0.462 e.